The number of oxime groups is 1. The van der Waals surface area contributed by atoms with E-state index in [9.17, 15) is 14.4 Å². The molecule has 0 bridgehead atoms. The first kappa shape index (κ1) is 22.0. The van der Waals surface area contributed by atoms with E-state index >= 15 is 0 Å². The van der Waals surface area contributed by atoms with Crippen molar-refractivity contribution in [2.75, 3.05) is 18.6 Å². The van der Waals surface area contributed by atoms with Gasteiger partial charge in [0.25, 0.3) is 11.8 Å². The third-order valence-corrected chi connectivity index (χ3v) is 7.23. The van der Waals surface area contributed by atoms with Crippen LogP contribution in [0.4, 0.5) is 5.13 Å². The molecule has 2 atom stereocenters. The third-order valence-electron chi connectivity index (χ3n) is 5.34. The molecule has 0 radical (unpaired) electrons. The third kappa shape index (κ3) is 3.67. The van der Waals surface area contributed by atoms with Crippen LogP contribution in [-0.4, -0.2) is 72.0 Å². The molecule has 3 aromatic rings. The Kier molecular flexibility index (Phi) is 5.70. The zero-order chi connectivity index (χ0) is 23.8. The first-order valence-corrected chi connectivity index (χ1v) is 11.8. The second-order valence-electron chi connectivity index (χ2n) is 7.30. The van der Waals surface area contributed by atoms with Crippen LogP contribution in [0.2, 0.25) is 0 Å². The number of aldehydes is 1. The summed E-state index contributed by atoms with van der Waals surface area (Å²) in [7, 11) is 1.28. The number of nitrogens with one attached hydrogen (secondary N) is 1. The SMILES string of the molecule is CO/N=C(/C(=O)NC1C(=O)N2C(C=O)=C(C[n+]3ccn4ncccc43)CSC12)c1nsc(N)n1. The molecule has 15 heteroatoms. The van der Waals surface area contributed by atoms with Crippen LogP contribution in [0, 0.1) is 0 Å². The quantitative estimate of drug-likeness (QED) is 0.136. The first-order chi connectivity index (χ1) is 16.5. The summed E-state index contributed by atoms with van der Waals surface area (Å²) in [4.78, 5) is 47.8. The molecule has 5 rings (SSSR count). The number of allylic oxidation sites excluding steroid dienone is 1. The molecule has 2 unspecified atom stereocenters. The maximum Gasteiger partial charge on any atom is 0.307 e. The van der Waals surface area contributed by atoms with Crippen molar-refractivity contribution in [3.05, 3.63) is 47.8 Å². The van der Waals surface area contributed by atoms with Crippen molar-refractivity contribution in [2.24, 2.45) is 5.16 Å². The number of nitrogens with zero attached hydrogens (tertiary/aromatic N) is 7. The lowest BCUT2D eigenvalue weighted by Crippen LogP contribution is -2.70. The topological polar surface area (TPSA) is 161 Å². The fourth-order valence-corrected chi connectivity index (χ4v) is 5.60. The minimum absolute atomic E-state index is 0.00356. The van der Waals surface area contributed by atoms with Gasteiger partial charge in [0.2, 0.25) is 11.5 Å². The molecule has 1 fully saturated rings. The van der Waals surface area contributed by atoms with Crippen LogP contribution < -0.4 is 15.6 Å². The highest BCUT2D eigenvalue weighted by molar-refractivity contribution is 8.00. The van der Waals surface area contributed by atoms with E-state index in [1.165, 1.54) is 23.8 Å². The summed E-state index contributed by atoms with van der Waals surface area (Å²) in [5, 5.41) is 10.3. The molecule has 3 aromatic heterocycles. The summed E-state index contributed by atoms with van der Waals surface area (Å²) in [6.07, 6.45) is 6.06. The molecule has 1 saturated heterocycles. The molecule has 2 aliphatic heterocycles. The van der Waals surface area contributed by atoms with Gasteiger partial charge in [0.15, 0.2) is 17.6 Å². The second kappa shape index (κ2) is 8.83. The lowest BCUT2D eigenvalue weighted by atomic mass is 10.0. The minimum atomic E-state index is -0.834. The molecule has 13 nitrogen and oxygen atoms in total. The Labute approximate surface area is 200 Å². The average Bonchev–Trinajstić information content (AvgIpc) is 3.46. The predicted molar refractivity (Wildman–Crippen MR) is 121 cm³/mol. The standard InChI is InChI=1S/C19H17N9O4S2/c1-32-24-13(15-23-19(20)34-25-15)16(30)22-14-17(31)28-11(8-29)10(9-33-18(14)28)7-26-5-6-27-12(26)3-2-4-21-27/h2-6,8,14,18H,7,9H2,1H3,(H2-,20,22,23,25,30)/p+1/b24-13+. The summed E-state index contributed by atoms with van der Waals surface area (Å²) >= 11 is 2.37. The van der Waals surface area contributed by atoms with Gasteiger partial charge < -0.3 is 15.9 Å². The van der Waals surface area contributed by atoms with E-state index in [1.807, 2.05) is 29.1 Å². The first-order valence-electron chi connectivity index (χ1n) is 9.97. The van der Waals surface area contributed by atoms with Crippen LogP contribution in [0.3, 0.4) is 0 Å². The van der Waals surface area contributed by atoms with Crippen molar-refractivity contribution in [3.8, 4) is 0 Å². The smallest absolute Gasteiger partial charge is 0.307 e. The summed E-state index contributed by atoms with van der Waals surface area (Å²) in [6, 6.07) is 2.91. The van der Waals surface area contributed by atoms with E-state index in [2.05, 4.69) is 24.9 Å². The van der Waals surface area contributed by atoms with Crippen LogP contribution in [0.15, 0.2) is 47.1 Å². The molecule has 2 aliphatic rings. The number of imidazole rings is 1. The average molecular weight is 501 g/mol. The Balaban J connectivity index is 1.34. The predicted octanol–water partition coefficient (Wildman–Crippen LogP) is -1.04. The van der Waals surface area contributed by atoms with E-state index in [-0.39, 0.29) is 22.6 Å². The monoisotopic (exact) mass is 500 g/mol. The highest BCUT2D eigenvalue weighted by Crippen LogP contribution is 2.39. The molecule has 5 heterocycles. The number of thioether (sulfide) groups is 1. The van der Waals surface area contributed by atoms with Gasteiger partial charge in [-0.15, -0.1) is 16.3 Å². The number of anilines is 1. The maximum absolute atomic E-state index is 12.9. The van der Waals surface area contributed by atoms with Gasteiger partial charge in [0.1, 0.15) is 31.3 Å². The van der Waals surface area contributed by atoms with Crippen LogP contribution in [0.25, 0.3) is 5.65 Å². The van der Waals surface area contributed by atoms with Gasteiger partial charge in [-0.05, 0) is 6.07 Å². The molecule has 0 spiro atoms. The van der Waals surface area contributed by atoms with E-state index in [0.29, 0.717) is 24.3 Å². The number of rotatable bonds is 7. The van der Waals surface area contributed by atoms with Crippen molar-refractivity contribution in [1.82, 2.24) is 29.2 Å². The fraction of sp³-hybridized carbons (Fsp3) is 0.263. The van der Waals surface area contributed by atoms with Crippen molar-refractivity contribution >= 4 is 57.9 Å². The summed E-state index contributed by atoms with van der Waals surface area (Å²) in [5.74, 6) is -0.545. The molecule has 0 saturated carbocycles. The van der Waals surface area contributed by atoms with Gasteiger partial charge in [-0.3, -0.25) is 19.3 Å². The van der Waals surface area contributed by atoms with Crippen molar-refractivity contribution in [3.63, 3.8) is 0 Å². The van der Waals surface area contributed by atoms with Crippen molar-refractivity contribution in [1.29, 1.82) is 0 Å². The molecular formula is C19H18N9O4S2+. The summed E-state index contributed by atoms with van der Waals surface area (Å²) < 4.78 is 7.65. The van der Waals surface area contributed by atoms with Gasteiger partial charge in [-0.2, -0.15) is 9.36 Å². The van der Waals surface area contributed by atoms with Crippen molar-refractivity contribution < 1.29 is 23.8 Å². The van der Waals surface area contributed by atoms with E-state index < -0.39 is 17.3 Å². The lowest BCUT2D eigenvalue weighted by molar-refractivity contribution is -0.662. The minimum Gasteiger partial charge on any atom is -0.398 e. The van der Waals surface area contributed by atoms with Crippen LogP contribution >= 0.6 is 23.3 Å². The summed E-state index contributed by atoms with van der Waals surface area (Å²) in [6.45, 7) is 0.429. The van der Waals surface area contributed by atoms with Gasteiger partial charge in [-0.1, -0.05) is 10.3 Å². The Morgan fingerprint density at radius 1 is 1.50 bits per heavy atom. The fourth-order valence-electron chi connectivity index (χ4n) is 3.81. The van der Waals surface area contributed by atoms with Gasteiger partial charge in [0, 0.05) is 28.9 Å². The Bertz CT molecular complexity index is 1360. The van der Waals surface area contributed by atoms with Gasteiger partial charge >= 0.3 is 5.65 Å². The number of β-lactam (4-membered cyclic amide) rings is 1. The zero-order valence-electron chi connectivity index (χ0n) is 17.7. The highest BCUT2D eigenvalue weighted by atomic mass is 32.2. The molecule has 0 aliphatic carbocycles. The van der Waals surface area contributed by atoms with Crippen LogP contribution in [0.5, 0.6) is 0 Å². The number of amides is 2. The molecular weight excluding hydrogens is 482 g/mol. The Morgan fingerprint density at radius 3 is 3.09 bits per heavy atom. The number of nitrogen functional groups attached to an aromatic ring is 1. The zero-order valence-corrected chi connectivity index (χ0v) is 19.3. The molecule has 174 valence electrons. The summed E-state index contributed by atoms with van der Waals surface area (Å²) in [5.41, 5.74) is 7.37. The number of carbonyl (C=O) groups excluding carboxylic acids is 3. The van der Waals surface area contributed by atoms with Crippen LogP contribution in [0.1, 0.15) is 5.82 Å². The molecule has 0 aromatic carbocycles. The lowest BCUT2D eigenvalue weighted by Gasteiger charge is -2.49. The maximum atomic E-state index is 12.9. The second-order valence-corrected chi connectivity index (χ2v) is 9.19. The van der Waals surface area contributed by atoms with Gasteiger partial charge in [-0.25, -0.2) is 4.57 Å². The number of nitrogens with two attached hydrogens (primary N) is 1. The normalized spacial score (nSPS) is 20.2. The largest absolute Gasteiger partial charge is 0.398 e. The molecule has 3 N–H and O–H groups in total. The molecule has 2 amide bonds. The number of hydrogen-bond donors (Lipinski definition) is 2. The number of aromatic nitrogens is 5. The van der Waals surface area contributed by atoms with Gasteiger partial charge in [0.05, 0.1) is 11.9 Å². The highest BCUT2D eigenvalue weighted by Gasteiger charge is 2.53. The van der Waals surface area contributed by atoms with E-state index in [1.54, 1.807) is 10.7 Å². The Morgan fingerprint density at radius 2 is 2.35 bits per heavy atom. The number of carbonyl (C=O) groups is 3. The van der Waals surface area contributed by atoms with E-state index in [0.717, 1.165) is 22.8 Å². The number of hydrogen-bond acceptors (Lipinski definition) is 11. The molecule has 34 heavy (non-hydrogen) atoms. The van der Waals surface area contributed by atoms with Crippen LogP contribution in [-0.2, 0) is 25.8 Å². The van der Waals surface area contributed by atoms with E-state index in [4.69, 9.17) is 10.6 Å². The van der Waals surface area contributed by atoms with Crippen molar-refractivity contribution in [2.45, 2.75) is 18.0 Å². The number of fused-ring (bicyclic) bond motifs is 2. The Hall–Kier alpha value is -3.85.